The van der Waals surface area contributed by atoms with E-state index in [4.69, 9.17) is 4.74 Å². The van der Waals surface area contributed by atoms with Gasteiger partial charge >= 0.3 is 6.09 Å². The molecule has 1 saturated carbocycles. The Labute approximate surface area is 120 Å². The van der Waals surface area contributed by atoms with Crippen molar-refractivity contribution in [2.75, 3.05) is 12.9 Å². The molecule has 0 heterocycles. The topological polar surface area (TPSA) is 92.7 Å². The van der Waals surface area contributed by atoms with Gasteiger partial charge in [-0.2, -0.15) is 0 Å². The molecule has 1 aliphatic rings. The van der Waals surface area contributed by atoms with Crippen LogP contribution in [0.2, 0.25) is 0 Å². The van der Waals surface area contributed by atoms with Crippen molar-refractivity contribution in [3.05, 3.63) is 0 Å². The lowest BCUT2D eigenvalue weighted by Gasteiger charge is -2.35. The minimum absolute atomic E-state index is 0.106. The number of hydrogen-bond acceptors (Lipinski definition) is 5. The van der Waals surface area contributed by atoms with E-state index < -0.39 is 32.3 Å². The molecule has 1 amide bonds. The Bertz CT molecular complexity index is 444. The molecule has 0 aromatic heterocycles. The van der Waals surface area contributed by atoms with Crippen LogP contribution >= 0.6 is 0 Å². The smallest absolute Gasteiger partial charge is 0.407 e. The molecule has 0 atom stereocenters. The molecule has 0 aromatic rings. The average Bonchev–Trinajstić information content (AvgIpc) is 2.23. The van der Waals surface area contributed by atoms with Crippen LogP contribution in [-0.4, -0.2) is 48.9 Å². The van der Waals surface area contributed by atoms with Gasteiger partial charge in [-0.25, -0.2) is 13.2 Å². The summed E-state index contributed by atoms with van der Waals surface area (Å²) in [5.41, 5.74) is -1.51. The maximum Gasteiger partial charge on any atom is 0.407 e. The Balaban J connectivity index is 2.44. The fraction of sp³-hybridized carbons (Fsp3) is 0.923. The van der Waals surface area contributed by atoms with Crippen LogP contribution in [0, 0.1) is 0 Å². The molecule has 118 valence electrons. The number of carbonyl (C=O) groups excluding carboxylic acids is 1. The quantitative estimate of drug-likeness (QED) is 0.818. The van der Waals surface area contributed by atoms with Gasteiger partial charge < -0.3 is 15.2 Å². The highest BCUT2D eigenvalue weighted by Crippen LogP contribution is 2.31. The molecular weight excluding hydrogens is 282 g/mol. The lowest BCUT2D eigenvalue weighted by molar-refractivity contribution is -0.0471. The molecule has 0 radical (unpaired) electrons. The van der Waals surface area contributed by atoms with Gasteiger partial charge in [-0.3, -0.25) is 0 Å². The fourth-order valence-corrected chi connectivity index (χ4v) is 3.34. The summed E-state index contributed by atoms with van der Waals surface area (Å²) in [7, 11) is -3.06. The number of rotatable bonds is 3. The average molecular weight is 307 g/mol. The molecule has 1 aliphatic carbocycles. The molecular formula is C13H25NO5S. The predicted molar refractivity (Wildman–Crippen MR) is 76.3 cm³/mol. The SMILES string of the molecule is CC(C)(C)NC(=O)OCC1(O)CCC(S(C)(=O)=O)CC1. The highest BCUT2D eigenvalue weighted by Gasteiger charge is 2.37. The maximum atomic E-state index is 11.5. The summed E-state index contributed by atoms with van der Waals surface area (Å²) >= 11 is 0. The van der Waals surface area contributed by atoms with E-state index in [9.17, 15) is 18.3 Å². The Morgan fingerprint density at radius 3 is 2.25 bits per heavy atom. The molecule has 1 fully saturated rings. The highest BCUT2D eigenvalue weighted by molar-refractivity contribution is 7.91. The normalized spacial score (nSPS) is 27.9. The number of ether oxygens (including phenoxy) is 1. The van der Waals surface area contributed by atoms with Crippen molar-refractivity contribution in [3.63, 3.8) is 0 Å². The second-order valence-corrected chi connectivity index (χ2v) is 9.03. The first kappa shape index (κ1) is 17.2. The van der Waals surface area contributed by atoms with Crippen LogP contribution < -0.4 is 5.32 Å². The number of carbonyl (C=O) groups is 1. The summed E-state index contributed by atoms with van der Waals surface area (Å²) in [6.45, 7) is 5.40. The summed E-state index contributed by atoms with van der Waals surface area (Å²) in [5, 5.41) is 12.5. The van der Waals surface area contributed by atoms with Crippen LogP contribution in [0.25, 0.3) is 0 Å². The molecule has 7 heteroatoms. The van der Waals surface area contributed by atoms with Gasteiger partial charge in [-0.05, 0) is 46.5 Å². The number of hydrogen-bond donors (Lipinski definition) is 2. The Hall–Kier alpha value is -0.820. The minimum atomic E-state index is -3.06. The van der Waals surface area contributed by atoms with Crippen molar-refractivity contribution in [1.29, 1.82) is 0 Å². The van der Waals surface area contributed by atoms with E-state index in [1.54, 1.807) is 0 Å². The van der Waals surface area contributed by atoms with Crippen molar-refractivity contribution in [3.8, 4) is 0 Å². The van der Waals surface area contributed by atoms with Crippen molar-refractivity contribution >= 4 is 15.9 Å². The van der Waals surface area contributed by atoms with E-state index in [2.05, 4.69) is 5.32 Å². The molecule has 0 spiro atoms. The van der Waals surface area contributed by atoms with Crippen LogP contribution in [0.4, 0.5) is 4.79 Å². The van der Waals surface area contributed by atoms with Gasteiger partial charge in [0.25, 0.3) is 0 Å². The maximum absolute atomic E-state index is 11.5. The van der Waals surface area contributed by atoms with Crippen LogP contribution in [-0.2, 0) is 14.6 Å². The summed E-state index contributed by atoms with van der Waals surface area (Å²) in [6, 6.07) is 0. The molecule has 0 unspecified atom stereocenters. The molecule has 0 saturated heterocycles. The Kier molecular flexibility index (Phi) is 5.08. The predicted octanol–water partition coefficient (Wildman–Crippen LogP) is 1.23. The van der Waals surface area contributed by atoms with Crippen molar-refractivity contribution in [1.82, 2.24) is 5.32 Å². The number of aliphatic hydroxyl groups is 1. The molecule has 1 rings (SSSR count). The van der Waals surface area contributed by atoms with Gasteiger partial charge in [0.2, 0.25) is 0 Å². The summed E-state index contributed by atoms with van der Waals surface area (Å²) in [6.07, 6.45) is 2.10. The van der Waals surface area contributed by atoms with Crippen LogP contribution in [0.1, 0.15) is 46.5 Å². The van der Waals surface area contributed by atoms with E-state index in [1.165, 1.54) is 6.26 Å². The lowest BCUT2D eigenvalue weighted by atomic mass is 9.85. The second-order valence-electron chi connectivity index (χ2n) is 6.70. The first-order valence-electron chi connectivity index (χ1n) is 6.77. The van der Waals surface area contributed by atoms with E-state index in [0.29, 0.717) is 25.7 Å². The monoisotopic (exact) mass is 307 g/mol. The van der Waals surface area contributed by atoms with Gasteiger partial charge in [-0.1, -0.05) is 0 Å². The van der Waals surface area contributed by atoms with Crippen LogP contribution in [0.5, 0.6) is 0 Å². The van der Waals surface area contributed by atoms with Gasteiger partial charge in [0.15, 0.2) is 0 Å². The van der Waals surface area contributed by atoms with Gasteiger partial charge in [-0.15, -0.1) is 0 Å². The second kappa shape index (κ2) is 5.89. The zero-order chi connectivity index (χ0) is 15.6. The first-order chi connectivity index (χ1) is 8.91. The minimum Gasteiger partial charge on any atom is -0.446 e. The van der Waals surface area contributed by atoms with Crippen molar-refractivity contribution in [2.45, 2.75) is 62.8 Å². The third-order valence-corrected chi connectivity index (χ3v) is 5.10. The van der Waals surface area contributed by atoms with Gasteiger partial charge in [0.05, 0.1) is 10.9 Å². The molecule has 2 N–H and O–H groups in total. The highest BCUT2D eigenvalue weighted by atomic mass is 32.2. The third kappa shape index (κ3) is 5.66. The van der Waals surface area contributed by atoms with Gasteiger partial charge in [0, 0.05) is 11.8 Å². The number of alkyl carbamates (subject to hydrolysis) is 1. The Morgan fingerprint density at radius 2 is 1.85 bits per heavy atom. The molecule has 20 heavy (non-hydrogen) atoms. The summed E-state index contributed by atoms with van der Waals surface area (Å²) in [4.78, 5) is 11.5. The molecule has 0 aromatic carbocycles. The van der Waals surface area contributed by atoms with Crippen LogP contribution in [0.3, 0.4) is 0 Å². The van der Waals surface area contributed by atoms with Crippen LogP contribution in [0.15, 0.2) is 0 Å². The molecule has 6 nitrogen and oxygen atoms in total. The lowest BCUT2D eigenvalue weighted by Crippen LogP contribution is -2.46. The molecule has 0 aliphatic heterocycles. The fourth-order valence-electron chi connectivity index (χ4n) is 2.24. The van der Waals surface area contributed by atoms with E-state index >= 15 is 0 Å². The van der Waals surface area contributed by atoms with Crippen molar-refractivity contribution in [2.24, 2.45) is 0 Å². The summed E-state index contributed by atoms with van der Waals surface area (Å²) < 4.78 is 27.9. The van der Waals surface area contributed by atoms with E-state index in [1.807, 2.05) is 20.8 Å². The van der Waals surface area contributed by atoms with Crippen molar-refractivity contribution < 1.29 is 23.1 Å². The van der Waals surface area contributed by atoms with Gasteiger partial charge in [0.1, 0.15) is 16.4 Å². The van der Waals surface area contributed by atoms with E-state index in [-0.39, 0.29) is 6.61 Å². The zero-order valence-corrected chi connectivity index (χ0v) is 13.4. The Morgan fingerprint density at radius 1 is 1.35 bits per heavy atom. The number of nitrogens with one attached hydrogen (secondary N) is 1. The molecule has 0 bridgehead atoms. The standard InChI is InChI=1S/C13H25NO5S/c1-12(2,3)14-11(15)19-9-13(16)7-5-10(6-8-13)20(4,17)18/h10,16H,5-9H2,1-4H3,(H,14,15). The summed E-state index contributed by atoms with van der Waals surface area (Å²) in [5.74, 6) is 0. The van der Waals surface area contributed by atoms with E-state index in [0.717, 1.165) is 0 Å². The number of sulfone groups is 1. The number of amides is 1. The zero-order valence-electron chi connectivity index (χ0n) is 12.6. The first-order valence-corrected chi connectivity index (χ1v) is 8.73. The largest absolute Gasteiger partial charge is 0.446 e. The third-order valence-electron chi connectivity index (χ3n) is 3.42.